The van der Waals surface area contributed by atoms with Crippen LogP contribution in [-0.4, -0.2) is 36.9 Å². The molecule has 1 atom stereocenters. The minimum atomic E-state index is -0.0879. The van der Waals surface area contributed by atoms with Crippen molar-refractivity contribution < 1.29 is 4.79 Å². The van der Waals surface area contributed by atoms with E-state index in [9.17, 15) is 10.1 Å². The number of thiophene rings is 1. The Balaban J connectivity index is 2.05. The van der Waals surface area contributed by atoms with E-state index in [0.29, 0.717) is 22.0 Å². The third-order valence-corrected chi connectivity index (χ3v) is 5.01. The fourth-order valence-corrected chi connectivity index (χ4v) is 3.52. The minimum Gasteiger partial charge on any atom is -0.396 e. The van der Waals surface area contributed by atoms with Crippen molar-refractivity contribution in [3.8, 4) is 6.07 Å². The first-order chi connectivity index (χ1) is 9.56. The van der Waals surface area contributed by atoms with Crippen LogP contribution in [0.5, 0.6) is 0 Å². The maximum Gasteiger partial charge on any atom is 0.171 e. The average molecular weight is 292 g/mol. The van der Waals surface area contributed by atoms with Gasteiger partial charge < -0.3 is 16.0 Å². The van der Waals surface area contributed by atoms with E-state index in [1.54, 1.807) is 0 Å². The Labute approximate surface area is 123 Å². The Morgan fingerprint density at radius 3 is 2.95 bits per heavy atom. The Kier molecular flexibility index (Phi) is 4.63. The summed E-state index contributed by atoms with van der Waals surface area (Å²) in [5.74, 6) is 0.501. The van der Waals surface area contributed by atoms with Crippen molar-refractivity contribution in [1.82, 2.24) is 4.90 Å². The summed E-state index contributed by atoms with van der Waals surface area (Å²) in [7, 11) is 0. The number of likely N-dealkylation sites (tertiary alicyclic amines) is 1. The van der Waals surface area contributed by atoms with Crippen molar-refractivity contribution >= 4 is 27.8 Å². The number of nitrogens with zero attached hydrogens (tertiary/aromatic N) is 2. The molecule has 0 spiro atoms. The van der Waals surface area contributed by atoms with E-state index in [1.807, 2.05) is 0 Å². The van der Waals surface area contributed by atoms with Crippen LogP contribution in [-0.2, 0) is 0 Å². The fourth-order valence-electron chi connectivity index (χ4n) is 2.54. The van der Waals surface area contributed by atoms with Gasteiger partial charge in [-0.2, -0.15) is 5.26 Å². The number of nitrogens with two attached hydrogens (primary N) is 1. The molecule has 6 heteroatoms. The van der Waals surface area contributed by atoms with Crippen molar-refractivity contribution in [3.05, 3.63) is 10.4 Å². The van der Waals surface area contributed by atoms with Crippen LogP contribution in [0.3, 0.4) is 0 Å². The number of ketones is 1. The van der Waals surface area contributed by atoms with Crippen molar-refractivity contribution in [2.24, 2.45) is 5.92 Å². The number of Topliss-reactive ketones (excluding diaryl/α,β-unsaturated/α-hetero) is 1. The number of carbonyl (C=O) groups excluding carboxylic acids is 1. The molecule has 5 nitrogen and oxygen atoms in total. The van der Waals surface area contributed by atoms with E-state index in [-0.39, 0.29) is 5.78 Å². The summed E-state index contributed by atoms with van der Waals surface area (Å²) in [6.07, 6.45) is 1.17. The van der Waals surface area contributed by atoms with Gasteiger partial charge in [-0.1, -0.05) is 6.92 Å². The van der Waals surface area contributed by atoms with Gasteiger partial charge in [-0.3, -0.25) is 4.79 Å². The van der Waals surface area contributed by atoms with E-state index >= 15 is 0 Å². The fraction of sp³-hybridized carbons (Fsp3) is 0.571. The smallest absolute Gasteiger partial charge is 0.171 e. The van der Waals surface area contributed by atoms with E-state index in [0.717, 1.165) is 31.2 Å². The van der Waals surface area contributed by atoms with Crippen LogP contribution in [0.2, 0.25) is 0 Å². The third kappa shape index (κ3) is 2.94. The highest BCUT2D eigenvalue weighted by Crippen LogP contribution is 2.35. The average Bonchev–Trinajstić information content (AvgIpc) is 3.00. The number of nitrogen functional groups attached to an aromatic ring is 1. The zero-order valence-corrected chi connectivity index (χ0v) is 12.7. The lowest BCUT2D eigenvalue weighted by atomic mass is 10.1. The lowest BCUT2D eigenvalue weighted by Crippen LogP contribution is -2.22. The normalized spacial score (nSPS) is 18.9. The lowest BCUT2D eigenvalue weighted by molar-refractivity contribution is 0.102. The summed E-state index contributed by atoms with van der Waals surface area (Å²) >= 11 is 1.29. The monoisotopic (exact) mass is 292 g/mol. The van der Waals surface area contributed by atoms with Gasteiger partial charge in [0.2, 0.25) is 0 Å². The summed E-state index contributed by atoms with van der Waals surface area (Å²) in [6.45, 7) is 7.78. The molecule has 1 fully saturated rings. The van der Waals surface area contributed by atoms with Crippen molar-refractivity contribution in [3.63, 3.8) is 0 Å². The van der Waals surface area contributed by atoms with Gasteiger partial charge in [0, 0.05) is 20.0 Å². The number of carbonyl (C=O) groups is 1. The Morgan fingerprint density at radius 2 is 2.40 bits per heavy atom. The molecule has 2 heterocycles. The van der Waals surface area contributed by atoms with Gasteiger partial charge in [0.25, 0.3) is 0 Å². The molecule has 0 bridgehead atoms. The molecule has 0 aromatic carbocycles. The number of hydrogen-bond donors (Lipinski definition) is 2. The first-order valence-electron chi connectivity index (χ1n) is 6.86. The van der Waals surface area contributed by atoms with Gasteiger partial charge >= 0.3 is 0 Å². The summed E-state index contributed by atoms with van der Waals surface area (Å²) < 4.78 is 0. The summed E-state index contributed by atoms with van der Waals surface area (Å²) in [5.41, 5.74) is 6.58. The van der Waals surface area contributed by atoms with Crippen LogP contribution in [0, 0.1) is 17.2 Å². The zero-order chi connectivity index (χ0) is 14.7. The maximum atomic E-state index is 11.5. The van der Waals surface area contributed by atoms with Crippen LogP contribution in [0.4, 0.5) is 10.7 Å². The highest BCUT2D eigenvalue weighted by Gasteiger charge is 2.23. The first kappa shape index (κ1) is 14.8. The molecule has 0 amide bonds. The standard InChI is InChI=1S/C14H20N4OS/c1-3-18-5-4-10(8-18)7-17-14-11(6-15)12(16)13(20-14)9(2)19/h10,17H,3-5,7-8,16H2,1-2H3. The highest BCUT2D eigenvalue weighted by molar-refractivity contribution is 7.18. The molecule has 3 N–H and O–H groups in total. The van der Waals surface area contributed by atoms with Gasteiger partial charge in [0.15, 0.2) is 5.78 Å². The quantitative estimate of drug-likeness (QED) is 0.813. The molecule has 0 saturated carbocycles. The molecule has 0 aliphatic carbocycles. The number of rotatable bonds is 5. The van der Waals surface area contributed by atoms with Gasteiger partial charge in [0.05, 0.1) is 10.6 Å². The second-order valence-electron chi connectivity index (χ2n) is 5.15. The highest BCUT2D eigenvalue weighted by atomic mass is 32.1. The van der Waals surface area contributed by atoms with E-state index in [4.69, 9.17) is 5.73 Å². The lowest BCUT2D eigenvalue weighted by Gasteiger charge is -2.13. The summed E-state index contributed by atoms with van der Waals surface area (Å²) in [5, 5.41) is 13.2. The molecule has 108 valence electrons. The van der Waals surface area contributed by atoms with Gasteiger partial charge in [-0.05, 0) is 25.4 Å². The maximum absolute atomic E-state index is 11.5. The molecule has 0 radical (unpaired) electrons. The molecule has 2 rings (SSSR count). The van der Waals surface area contributed by atoms with Crippen molar-refractivity contribution in [2.45, 2.75) is 20.3 Å². The topological polar surface area (TPSA) is 82.2 Å². The number of anilines is 2. The minimum absolute atomic E-state index is 0.0879. The number of hydrogen-bond acceptors (Lipinski definition) is 6. The number of nitrogens with one attached hydrogen (secondary N) is 1. The van der Waals surface area contributed by atoms with Gasteiger partial charge in [-0.25, -0.2) is 0 Å². The first-order valence-corrected chi connectivity index (χ1v) is 7.68. The molecule has 1 aromatic heterocycles. The Hall–Kier alpha value is -1.58. The Morgan fingerprint density at radius 1 is 1.65 bits per heavy atom. The number of nitriles is 1. The van der Waals surface area contributed by atoms with Crippen LogP contribution in [0.25, 0.3) is 0 Å². The van der Waals surface area contributed by atoms with Gasteiger partial charge in [0.1, 0.15) is 16.6 Å². The third-order valence-electron chi connectivity index (χ3n) is 3.75. The van der Waals surface area contributed by atoms with E-state index < -0.39 is 0 Å². The Bertz CT molecular complexity index is 546. The molecule has 1 aliphatic heterocycles. The molecule has 1 aromatic rings. The predicted molar refractivity (Wildman–Crippen MR) is 82.2 cm³/mol. The van der Waals surface area contributed by atoms with Gasteiger partial charge in [-0.15, -0.1) is 11.3 Å². The summed E-state index contributed by atoms with van der Waals surface area (Å²) in [6, 6.07) is 2.09. The zero-order valence-electron chi connectivity index (χ0n) is 11.9. The van der Waals surface area contributed by atoms with Crippen LogP contribution in [0.1, 0.15) is 35.5 Å². The SMILES string of the molecule is CCN1CCC(CNc2sc(C(C)=O)c(N)c2C#N)C1. The summed E-state index contributed by atoms with van der Waals surface area (Å²) in [4.78, 5) is 14.4. The second-order valence-corrected chi connectivity index (χ2v) is 6.17. The van der Waals surface area contributed by atoms with Crippen molar-refractivity contribution in [1.29, 1.82) is 5.26 Å². The van der Waals surface area contributed by atoms with Crippen molar-refractivity contribution in [2.75, 3.05) is 37.2 Å². The van der Waals surface area contributed by atoms with Crippen LogP contribution in [0.15, 0.2) is 0 Å². The van der Waals surface area contributed by atoms with Crippen LogP contribution < -0.4 is 11.1 Å². The largest absolute Gasteiger partial charge is 0.396 e. The molecule has 1 unspecified atom stereocenters. The predicted octanol–water partition coefficient (Wildman–Crippen LogP) is 2.16. The molecule has 1 saturated heterocycles. The van der Waals surface area contributed by atoms with E-state index in [1.165, 1.54) is 24.7 Å². The molecular weight excluding hydrogens is 272 g/mol. The molecule has 20 heavy (non-hydrogen) atoms. The van der Waals surface area contributed by atoms with Crippen LogP contribution >= 0.6 is 11.3 Å². The molecular formula is C14H20N4OS. The second kappa shape index (κ2) is 6.25. The van der Waals surface area contributed by atoms with E-state index in [2.05, 4.69) is 23.2 Å². The molecule has 1 aliphatic rings.